The van der Waals surface area contributed by atoms with E-state index >= 15 is 0 Å². The van der Waals surface area contributed by atoms with Crippen LogP contribution < -0.4 is 4.74 Å². The molecule has 1 aliphatic rings. The normalized spacial score (nSPS) is 33.7. The average molecular weight is 284 g/mol. The van der Waals surface area contributed by atoms with Crippen LogP contribution in [0.25, 0.3) is 0 Å². The Hall–Kier alpha value is -1.51. The molecule has 1 aromatic rings. The highest BCUT2D eigenvalue weighted by molar-refractivity contribution is 5.79. The molecule has 7 heteroatoms. The Morgan fingerprint density at radius 3 is 2.50 bits per heavy atom. The van der Waals surface area contributed by atoms with Crippen molar-refractivity contribution in [3.8, 4) is 5.75 Å². The van der Waals surface area contributed by atoms with Gasteiger partial charge < -0.3 is 29.9 Å². The van der Waals surface area contributed by atoms with Gasteiger partial charge in [-0.25, -0.2) is 0 Å². The van der Waals surface area contributed by atoms with Gasteiger partial charge in [0.15, 0.2) is 6.29 Å². The van der Waals surface area contributed by atoms with E-state index in [1.165, 1.54) is 12.1 Å². The van der Waals surface area contributed by atoms with E-state index in [1.54, 1.807) is 12.1 Å². The molecule has 2 unspecified atom stereocenters. The fourth-order valence-corrected chi connectivity index (χ4v) is 1.98. The molecule has 1 heterocycles. The van der Waals surface area contributed by atoms with Gasteiger partial charge in [-0.2, -0.15) is 0 Å². The van der Waals surface area contributed by atoms with E-state index in [9.17, 15) is 20.1 Å². The van der Waals surface area contributed by atoms with Gasteiger partial charge in [0.05, 0.1) is 12.2 Å². The van der Waals surface area contributed by atoms with Crippen molar-refractivity contribution in [1.29, 1.82) is 0 Å². The quantitative estimate of drug-likeness (QED) is 0.507. The number of hydrogen-bond donors (Lipinski definition) is 4. The lowest BCUT2D eigenvalue weighted by atomic mass is 9.99. The van der Waals surface area contributed by atoms with Crippen molar-refractivity contribution in [3.05, 3.63) is 29.8 Å². The molecule has 4 N–H and O–H groups in total. The van der Waals surface area contributed by atoms with E-state index in [4.69, 9.17) is 14.6 Å². The highest BCUT2D eigenvalue weighted by atomic mass is 16.7. The lowest BCUT2D eigenvalue weighted by Crippen LogP contribution is -2.60. The van der Waals surface area contributed by atoms with Gasteiger partial charge in [-0.05, 0) is 12.1 Å². The molecule has 0 amide bonds. The highest BCUT2D eigenvalue weighted by Crippen LogP contribution is 2.25. The van der Waals surface area contributed by atoms with Crippen LogP contribution in [0.1, 0.15) is 10.4 Å². The van der Waals surface area contributed by atoms with Crippen LogP contribution in [-0.2, 0) is 4.74 Å². The predicted molar refractivity (Wildman–Crippen MR) is 66.2 cm³/mol. The van der Waals surface area contributed by atoms with Crippen molar-refractivity contribution in [2.45, 2.75) is 30.7 Å². The third-order valence-corrected chi connectivity index (χ3v) is 3.14. The molecule has 0 spiro atoms. The van der Waals surface area contributed by atoms with Gasteiger partial charge in [0.25, 0.3) is 0 Å². The summed E-state index contributed by atoms with van der Waals surface area (Å²) >= 11 is 0. The number of benzene rings is 1. The van der Waals surface area contributed by atoms with E-state index < -0.39 is 37.3 Å². The molecule has 1 aromatic carbocycles. The van der Waals surface area contributed by atoms with Gasteiger partial charge in [0, 0.05) is 0 Å². The molecule has 2 rings (SSSR count). The lowest BCUT2D eigenvalue weighted by molar-refractivity contribution is -0.277. The summed E-state index contributed by atoms with van der Waals surface area (Å²) in [6, 6.07) is 6.30. The number of rotatable bonds is 4. The van der Waals surface area contributed by atoms with Crippen molar-refractivity contribution in [2.24, 2.45) is 0 Å². The monoisotopic (exact) mass is 284 g/mol. The minimum atomic E-state index is -1.52. The lowest BCUT2D eigenvalue weighted by Gasteiger charge is -2.39. The SMILES string of the molecule is O=Cc1ccccc1O[C@@H]1OC(CO)[C@H](O)[C@H](O)C1O. The predicted octanol–water partition coefficient (Wildman–Crippen LogP) is -1.32. The largest absolute Gasteiger partial charge is 0.461 e. The number of aldehydes is 1. The smallest absolute Gasteiger partial charge is 0.229 e. The maximum Gasteiger partial charge on any atom is 0.229 e. The molecule has 0 saturated carbocycles. The second-order valence-electron chi connectivity index (χ2n) is 4.47. The van der Waals surface area contributed by atoms with Gasteiger partial charge in [-0.3, -0.25) is 4.79 Å². The van der Waals surface area contributed by atoms with Gasteiger partial charge in [-0.15, -0.1) is 0 Å². The molecule has 20 heavy (non-hydrogen) atoms. The molecule has 0 bridgehead atoms. The maximum atomic E-state index is 10.9. The zero-order valence-corrected chi connectivity index (χ0v) is 10.5. The summed E-state index contributed by atoms with van der Waals surface area (Å²) in [6.07, 6.45) is -6.24. The molecule has 1 aliphatic heterocycles. The Labute approximate surface area is 115 Å². The van der Waals surface area contributed by atoms with Gasteiger partial charge >= 0.3 is 0 Å². The first kappa shape index (κ1) is 14.9. The van der Waals surface area contributed by atoms with Crippen LogP contribution in [0.2, 0.25) is 0 Å². The zero-order valence-electron chi connectivity index (χ0n) is 10.5. The van der Waals surface area contributed by atoms with Crippen LogP contribution in [0.15, 0.2) is 24.3 Å². The molecule has 1 saturated heterocycles. The first-order valence-electron chi connectivity index (χ1n) is 6.10. The number of hydrogen-bond acceptors (Lipinski definition) is 7. The summed E-state index contributed by atoms with van der Waals surface area (Å²) in [5.74, 6) is 0.173. The summed E-state index contributed by atoms with van der Waals surface area (Å²) in [7, 11) is 0. The molecule has 110 valence electrons. The Kier molecular flexibility index (Phi) is 4.69. The first-order valence-corrected chi connectivity index (χ1v) is 6.10. The minimum Gasteiger partial charge on any atom is -0.461 e. The average Bonchev–Trinajstić information content (AvgIpc) is 2.48. The van der Waals surface area contributed by atoms with Crippen LogP contribution in [-0.4, -0.2) is 64.0 Å². The van der Waals surface area contributed by atoms with Crippen molar-refractivity contribution in [3.63, 3.8) is 0 Å². The molecule has 7 nitrogen and oxygen atoms in total. The van der Waals surface area contributed by atoms with Crippen LogP contribution in [0.5, 0.6) is 5.75 Å². The molecule has 1 fully saturated rings. The summed E-state index contributed by atoms with van der Waals surface area (Å²) in [5, 5.41) is 38.1. The summed E-state index contributed by atoms with van der Waals surface area (Å²) in [6.45, 7) is -0.542. The zero-order chi connectivity index (χ0) is 14.7. The highest BCUT2D eigenvalue weighted by Gasteiger charge is 2.44. The summed E-state index contributed by atoms with van der Waals surface area (Å²) in [5.41, 5.74) is 0.254. The van der Waals surface area contributed by atoms with Crippen LogP contribution >= 0.6 is 0 Å². The Morgan fingerprint density at radius 2 is 1.85 bits per heavy atom. The molecular weight excluding hydrogens is 268 g/mol. The van der Waals surface area contributed by atoms with Crippen molar-refractivity contribution in [1.82, 2.24) is 0 Å². The molecule has 0 aromatic heterocycles. The fourth-order valence-electron chi connectivity index (χ4n) is 1.98. The van der Waals surface area contributed by atoms with E-state index in [0.717, 1.165) is 0 Å². The number of aliphatic hydroxyl groups is 4. The molecule has 5 atom stereocenters. The minimum absolute atomic E-state index is 0.173. The first-order chi connectivity index (χ1) is 9.58. The third-order valence-electron chi connectivity index (χ3n) is 3.14. The van der Waals surface area contributed by atoms with Crippen molar-refractivity contribution >= 4 is 6.29 Å². The fraction of sp³-hybridized carbons (Fsp3) is 0.462. The Morgan fingerprint density at radius 1 is 1.15 bits per heavy atom. The van der Waals surface area contributed by atoms with Gasteiger partial charge in [0.1, 0.15) is 30.2 Å². The third kappa shape index (κ3) is 2.82. The molecule has 0 radical (unpaired) electrons. The number of aliphatic hydroxyl groups excluding tert-OH is 4. The summed E-state index contributed by atoms with van der Waals surface area (Å²) < 4.78 is 10.5. The van der Waals surface area contributed by atoms with E-state index in [-0.39, 0.29) is 11.3 Å². The van der Waals surface area contributed by atoms with Crippen LogP contribution in [0.3, 0.4) is 0 Å². The topological polar surface area (TPSA) is 116 Å². The number of para-hydroxylation sites is 1. The van der Waals surface area contributed by atoms with Crippen molar-refractivity contribution < 1.29 is 34.7 Å². The summed E-state index contributed by atoms with van der Waals surface area (Å²) in [4.78, 5) is 10.9. The van der Waals surface area contributed by atoms with Gasteiger partial charge in [-0.1, -0.05) is 12.1 Å². The van der Waals surface area contributed by atoms with Crippen molar-refractivity contribution in [2.75, 3.05) is 6.61 Å². The molecule has 0 aliphatic carbocycles. The maximum absolute atomic E-state index is 10.9. The number of carbonyl (C=O) groups excluding carboxylic acids is 1. The van der Waals surface area contributed by atoms with Crippen LogP contribution in [0.4, 0.5) is 0 Å². The van der Waals surface area contributed by atoms with E-state index in [0.29, 0.717) is 6.29 Å². The Balaban J connectivity index is 2.17. The number of ether oxygens (including phenoxy) is 2. The molecular formula is C13H16O7. The standard InChI is InChI=1S/C13H16O7/c14-5-7-3-1-2-4-8(7)19-13-12(18)11(17)10(16)9(6-15)20-13/h1-5,9-13,15-18H,6H2/t9?,10-,11-,12?,13+/m0/s1. The van der Waals surface area contributed by atoms with Crippen LogP contribution in [0, 0.1) is 0 Å². The van der Waals surface area contributed by atoms with E-state index in [1.807, 2.05) is 0 Å². The second-order valence-corrected chi connectivity index (χ2v) is 4.47. The Bertz CT molecular complexity index is 462. The second kappa shape index (κ2) is 6.29. The number of carbonyl (C=O) groups is 1. The van der Waals surface area contributed by atoms with Gasteiger partial charge in [0.2, 0.25) is 6.29 Å². The van der Waals surface area contributed by atoms with E-state index in [2.05, 4.69) is 0 Å².